The van der Waals surface area contributed by atoms with Gasteiger partial charge >= 0.3 is 0 Å². The third-order valence-electron chi connectivity index (χ3n) is 2.76. The zero-order chi connectivity index (χ0) is 13.1. The predicted octanol–water partition coefficient (Wildman–Crippen LogP) is 2.20. The van der Waals surface area contributed by atoms with Gasteiger partial charge in [-0.25, -0.2) is 0 Å². The van der Waals surface area contributed by atoms with Gasteiger partial charge in [-0.15, -0.1) is 0 Å². The Hall–Kier alpha value is -1.71. The fraction of sp³-hybridized carbons (Fsp3) is 0.500. The summed E-state index contributed by atoms with van der Waals surface area (Å²) in [4.78, 5) is 11.8. The molecule has 18 heavy (non-hydrogen) atoms. The van der Waals surface area contributed by atoms with Gasteiger partial charge in [0.25, 0.3) is 5.91 Å². The molecule has 0 saturated heterocycles. The highest BCUT2D eigenvalue weighted by molar-refractivity contribution is 5.95. The number of anilines is 1. The zero-order valence-electron chi connectivity index (χ0n) is 10.9. The third kappa shape index (κ3) is 3.39. The molecule has 3 N–H and O–H groups in total. The van der Waals surface area contributed by atoms with E-state index in [2.05, 4.69) is 19.2 Å². The molecule has 1 aliphatic carbocycles. The van der Waals surface area contributed by atoms with Crippen LogP contribution in [0.4, 0.5) is 5.69 Å². The highest BCUT2D eigenvalue weighted by Crippen LogP contribution is 2.24. The van der Waals surface area contributed by atoms with Crippen molar-refractivity contribution in [1.82, 2.24) is 5.32 Å². The molecule has 1 fully saturated rings. The minimum Gasteiger partial charge on any atom is -0.491 e. The standard InChI is InChI=1S/C14H20N2O2/c1-9(2)8-18-13-6-3-10(7-12(13)15)14(17)16-11-4-5-11/h3,6-7,9,11H,4-5,8,15H2,1-2H3,(H,16,17). The first-order valence-corrected chi connectivity index (χ1v) is 6.39. The average Bonchev–Trinajstić information content (AvgIpc) is 3.11. The molecule has 0 heterocycles. The Balaban J connectivity index is 2.01. The van der Waals surface area contributed by atoms with Gasteiger partial charge in [0.1, 0.15) is 5.75 Å². The van der Waals surface area contributed by atoms with E-state index < -0.39 is 0 Å². The van der Waals surface area contributed by atoms with E-state index in [1.165, 1.54) is 0 Å². The molecule has 4 nitrogen and oxygen atoms in total. The van der Waals surface area contributed by atoms with Crippen LogP contribution in [0.2, 0.25) is 0 Å². The van der Waals surface area contributed by atoms with Crippen LogP contribution in [-0.2, 0) is 0 Å². The predicted molar refractivity (Wildman–Crippen MR) is 71.7 cm³/mol. The van der Waals surface area contributed by atoms with Crippen molar-refractivity contribution in [2.75, 3.05) is 12.3 Å². The second-order valence-corrected chi connectivity index (χ2v) is 5.21. The molecule has 1 aliphatic rings. The van der Waals surface area contributed by atoms with E-state index >= 15 is 0 Å². The molecule has 0 aliphatic heterocycles. The summed E-state index contributed by atoms with van der Waals surface area (Å²) in [6, 6.07) is 5.55. The van der Waals surface area contributed by atoms with Gasteiger partial charge in [-0.1, -0.05) is 13.8 Å². The van der Waals surface area contributed by atoms with Crippen LogP contribution in [0.25, 0.3) is 0 Å². The number of nitrogens with one attached hydrogen (secondary N) is 1. The number of nitrogen functional groups attached to an aromatic ring is 1. The topological polar surface area (TPSA) is 64.3 Å². The van der Waals surface area contributed by atoms with Gasteiger partial charge in [0.15, 0.2) is 0 Å². The normalized spacial score (nSPS) is 14.6. The molecule has 1 aromatic carbocycles. The molecule has 0 bridgehead atoms. The molecule has 1 saturated carbocycles. The number of carbonyl (C=O) groups excluding carboxylic acids is 1. The van der Waals surface area contributed by atoms with Crippen LogP contribution in [0.1, 0.15) is 37.0 Å². The Morgan fingerprint density at radius 1 is 1.50 bits per heavy atom. The smallest absolute Gasteiger partial charge is 0.251 e. The molecule has 2 rings (SSSR count). The summed E-state index contributed by atoms with van der Waals surface area (Å²) >= 11 is 0. The summed E-state index contributed by atoms with van der Waals surface area (Å²) in [5.74, 6) is 1.04. The molecular formula is C14H20N2O2. The minimum absolute atomic E-state index is 0.0559. The maximum Gasteiger partial charge on any atom is 0.251 e. The van der Waals surface area contributed by atoms with Gasteiger partial charge in [-0.3, -0.25) is 4.79 Å². The van der Waals surface area contributed by atoms with Crippen LogP contribution < -0.4 is 15.8 Å². The molecule has 0 atom stereocenters. The fourth-order valence-corrected chi connectivity index (χ4v) is 1.57. The summed E-state index contributed by atoms with van der Waals surface area (Å²) in [5, 5.41) is 2.93. The number of hydrogen-bond donors (Lipinski definition) is 2. The molecule has 0 radical (unpaired) electrons. The Bertz CT molecular complexity index is 439. The molecule has 0 aromatic heterocycles. The van der Waals surface area contributed by atoms with Crippen molar-refractivity contribution in [2.45, 2.75) is 32.7 Å². The Kier molecular flexibility index (Phi) is 3.75. The zero-order valence-corrected chi connectivity index (χ0v) is 10.9. The molecule has 1 amide bonds. The van der Waals surface area contributed by atoms with Gasteiger partial charge in [0.2, 0.25) is 0 Å². The van der Waals surface area contributed by atoms with Crippen LogP contribution in [0.5, 0.6) is 5.75 Å². The van der Waals surface area contributed by atoms with E-state index in [4.69, 9.17) is 10.5 Å². The van der Waals surface area contributed by atoms with Crippen molar-refractivity contribution in [2.24, 2.45) is 5.92 Å². The molecule has 0 spiro atoms. The second kappa shape index (κ2) is 5.29. The summed E-state index contributed by atoms with van der Waals surface area (Å²) in [6.07, 6.45) is 2.16. The second-order valence-electron chi connectivity index (χ2n) is 5.21. The van der Waals surface area contributed by atoms with Crippen molar-refractivity contribution in [3.8, 4) is 5.75 Å². The van der Waals surface area contributed by atoms with E-state index in [-0.39, 0.29) is 5.91 Å². The number of hydrogen-bond acceptors (Lipinski definition) is 3. The third-order valence-corrected chi connectivity index (χ3v) is 2.76. The first kappa shape index (κ1) is 12.7. The number of rotatable bonds is 5. The molecular weight excluding hydrogens is 228 g/mol. The summed E-state index contributed by atoms with van der Waals surface area (Å²) in [7, 11) is 0. The monoisotopic (exact) mass is 248 g/mol. The van der Waals surface area contributed by atoms with E-state index in [9.17, 15) is 4.79 Å². The van der Waals surface area contributed by atoms with Crippen LogP contribution in [0.3, 0.4) is 0 Å². The number of nitrogens with two attached hydrogens (primary N) is 1. The van der Waals surface area contributed by atoms with Gasteiger partial charge in [0, 0.05) is 11.6 Å². The van der Waals surface area contributed by atoms with Gasteiger partial charge in [-0.2, -0.15) is 0 Å². The van der Waals surface area contributed by atoms with Crippen LogP contribution >= 0.6 is 0 Å². The van der Waals surface area contributed by atoms with E-state index in [1.807, 2.05) is 0 Å². The lowest BCUT2D eigenvalue weighted by molar-refractivity contribution is 0.0951. The Morgan fingerprint density at radius 3 is 2.78 bits per heavy atom. The van der Waals surface area contributed by atoms with Crippen LogP contribution in [0.15, 0.2) is 18.2 Å². The Morgan fingerprint density at radius 2 is 2.22 bits per heavy atom. The largest absolute Gasteiger partial charge is 0.491 e. The van der Waals surface area contributed by atoms with Gasteiger partial charge < -0.3 is 15.8 Å². The fourth-order valence-electron chi connectivity index (χ4n) is 1.57. The summed E-state index contributed by atoms with van der Waals surface area (Å²) in [5.41, 5.74) is 6.99. The van der Waals surface area contributed by atoms with Crippen molar-refractivity contribution in [1.29, 1.82) is 0 Å². The number of benzene rings is 1. The average molecular weight is 248 g/mol. The highest BCUT2D eigenvalue weighted by Gasteiger charge is 2.23. The minimum atomic E-state index is -0.0559. The lowest BCUT2D eigenvalue weighted by Crippen LogP contribution is -2.25. The van der Waals surface area contributed by atoms with Crippen LogP contribution in [-0.4, -0.2) is 18.6 Å². The first-order chi connectivity index (χ1) is 8.56. The lowest BCUT2D eigenvalue weighted by Gasteiger charge is -2.12. The van der Waals surface area contributed by atoms with Gasteiger partial charge in [0.05, 0.1) is 12.3 Å². The van der Waals surface area contributed by atoms with Crippen molar-refractivity contribution in [3.63, 3.8) is 0 Å². The molecule has 98 valence electrons. The highest BCUT2D eigenvalue weighted by atomic mass is 16.5. The molecule has 1 aromatic rings. The van der Waals surface area contributed by atoms with Crippen molar-refractivity contribution >= 4 is 11.6 Å². The molecule has 0 unspecified atom stereocenters. The molecule has 4 heteroatoms. The number of carbonyl (C=O) groups is 1. The van der Waals surface area contributed by atoms with Crippen molar-refractivity contribution < 1.29 is 9.53 Å². The van der Waals surface area contributed by atoms with E-state index in [0.29, 0.717) is 35.6 Å². The Labute approximate surface area is 108 Å². The maximum absolute atomic E-state index is 11.8. The maximum atomic E-state index is 11.8. The van der Waals surface area contributed by atoms with Crippen molar-refractivity contribution in [3.05, 3.63) is 23.8 Å². The SMILES string of the molecule is CC(C)COc1ccc(C(=O)NC2CC2)cc1N. The summed E-state index contributed by atoms with van der Waals surface area (Å²) < 4.78 is 5.57. The van der Waals surface area contributed by atoms with E-state index in [1.54, 1.807) is 18.2 Å². The number of amides is 1. The lowest BCUT2D eigenvalue weighted by atomic mass is 10.1. The number of ether oxygens (including phenoxy) is 1. The quantitative estimate of drug-likeness (QED) is 0.785. The van der Waals surface area contributed by atoms with Gasteiger partial charge in [-0.05, 0) is 37.0 Å². The first-order valence-electron chi connectivity index (χ1n) is 6.39. The van der Waals surface area contributed by atoms with E-state index in [0.717, 1.165) is 12.8 Å². The van der Waals surface area contributed by atoms with Crippen LogP contribution in [0, 0.1) is 5.92 Å². The summed E-state index contributed by atoms with van der Waals surface area (Å²) in [6.45, 7) is 4.78.